The molecule has 1 aromatic carbocycles. The minimum Gasteiger partial charge on any atom is -0.508 e. The molecule has 1 rings (SSSR count). The summed E-state index contributed by atoms with van der Waals surface area (Å²) in [7, 11) is 1.52. The number of phenolic OH excluding ortho intramolecular Hbond substituents is 1. The molecule has 0 unspecified atom stereocenters. The van der Waals surface area contributed by atoms with Gasteiger partial charge in [-0.05, 0) is 18.6 Å². The van der Waals surface area contributed by atoms with E-state index in [2.05, 4.69) is 6.58 Å². The van der Waals surface area contributed by atoms with Crippen molar-refractivity contribution in [3.63, 3.8) is 0 Å². The Kier molecular flexibility index (Phi) is 3.20. The molecule has 0 bridgehead atoms. The number of ether oxygens (including phenoxy) is 1. The molecule has 0 amide bonds. The Hall–Kier alpha value is -1.15. The third-order valence-electron chi connectivity index (χ3n) is 1.74. The fourth-order valence-electron chi connectivity index (χ4n) is 1.15. The second-order valence-corrected chi connectivity index (χ2v) is 2.98. The summed E-state index contributed by atoms with van der Waals surface area (Å²) < 4.78 is 5.07. The van der Waals surface area contributed by atoms with Crippen molar-refractivity contribution in [1.82, 2.24) is 0 Å². The summed E-state index contributed by atoms with van der Waals surface area (Å²) in [6.07, 6.45) is 2.23. The Morgan fingerprint density at radius 2 is 2.31 bits per heavy atom. The van der Waals surface area contributed by atoms with Crippen molar-refractivity contribution in [3.05, 3.63) is 35.4 Å². The van der Waals surface area contributed by atoms with Crippen LogP contribution in [-0.2, 0) is 6.42 Å². The fraction of sp³-hybridized carbons (Fsp3) is 0.200. The highest BCUT2D eigenvalue weighted by molar-refractivity contribution is 6.32. The molecule has 70 valence electrons. The van der Waals surface area contributed by atoms with Crippen LogP contribution in [0.5, 0.6) is 11.5 Å². The lowest BCUT2D eigenvalue weighted by Crippen LogP contribution is -1.92. The average Bonchev–Trinajstić information content (AvgIpc) is 2.12. The number of hydrogen-bond donors (Lipinski definition) is 1. The van der Waals surface area contributed by atoms with Crippen LogP contribution in [0.4, 0.5) is 0 Å². The average molecular weight is 199 g/mol. The second kappa shape index (κ2) is 4.19. The zero-order valence-corrected chi connectivity index (χ0v) is 8.14. The maximum absolute atomic E-state index is 9.49. The number of hydrogen-bond acceptors (Lipinski definition) is 2. The summed E-state index contributed by atoms with van der Waals surface area (Å²) in [5.41, 5.74) is 0.671. The van der Waals surface area contributed by atoms with Crippen molar-refractivity contribution in [2.24, 2.45) is 0 Å². The van der Waals surface area contributed by atoms with Gasteiger partial charge in [0.1, 0.15) is 11.5 Å². The lowest BCUT2D eigenvalue weighted by Gasteiger charge is -2.09. The van der Waals surface area contributed by atoms with Crippen molar-refractivity contribution in [2.45, 2.75) is 6.42 Å². The monoisotopic (exact) mass is 198 g/mol. The van der Waals surface area contributed by atoms with Gasteiger partial charge in [-0.1, -0.05) is 17.7 Å². The summed E-state index contributed by atoms with van der Waals surface area (Å²) in [6, 6.07) is 3.14. The molecule has 0 aliphatic heterocycles. The van der Waals surface area contributed by atoms with E-state index in [-0.39, 0.29) is 5.75 Å². The lowest BCUT2D eigenvalue weighted by atomic mass is 10.1. The number of rotatable bonds is 3. The molecule has 1 aromatic rings. The van der Waals surface area contributed by atoms with Gasteiger partial charge in [-0.25, -0.2) is 0 Å². The van der Waals surface area contributed by atoms with Gasteiger partial charge >= 0.3 is 0 Å². The van der Waals surface area contributed by atoms with E-state index in [1.54, 1.807) is 18.2 Å². The van der Waals surface area contributed by atoms with Crippen LogP contribution < -0.4 is 4.74 Å². The van der Waals surface area contributed by atoms with E-state index in [9.17, 15) is 5.11 Å². The number of phenols is 1. The van der Waals surface area contributed by atoms with E-state index >= 15 is 0 Å². The Labute approximate surface area is 82.4 Å². The summed E-state index contributed by atoms with van der Waals surface area (Å²) in [6.45, 7) is 3.59. The van der Waals surface area contributed by atoms with E-state index in [1.165, 1.54) is 7.11 Å². The first-order valence-corrected chi connectivity index (χ1v) is 4.23. The Morgan fingerprint density at radius 3 is 2.85 bits per heavy atom. The smallest absolute Gasteiger partial charge is 0.144 e. The minimum absolute atomic E-state index is 0.182. The van der Waals surface area contributed by atoms with Gasteiger partial charge < -0.3 is 9.84 Å². The first-order chi connectivity index (χ1) is 6.20. The van der Waals surface area contributed by atoms with Crippen LogP contribution in [-0.4, -0.2) is 12.2 Å². The maximum atomic E-state index is 9.49. The van der Waals surface area contributed by atoms with Gasteiger partial charge in [-0.2, -0.15) is 0 Å². The molecule has 0 saturated heterocycles. The quantitative estimate of drug-likeness (QED) is 0.757. The number of benzene rings is 1. The van der Waals surface area contributed by atoms with Gasteiger partial charge in [0.25, 0.3) is 0 Å². The molecule has 0 spiro atoms. The van der Waals surface area contributed by atoms with Crippen molar-refractivity contribution >= 4 is 11.6 Å². The molecule has 0 atom stereocenters. The van der Waals surface area contributed by atoms with Crippen LogP contribution in [0.15, 0.2) is 24.8 Å². The van der Waals surface area contributed by atoms with Crippen molar-refractivity contribution in [1.29, 1.82) is 0 Å². The lowest BCUT2D eigenvalue weighted by molar-refractivity contribution is 0.401. The van der Waals surface area contributed by atoms with Gasteiger partial charge in [0, 0.05) is 5.56 Å². The third kappa shape index (κ3) is 1.95. The van der Waals surface area contributed by atoms with Gasteiger partial charge in [0.05, 0.1) is 12.1 Å². The van der Waals surface area contributed by atoms with Gasteiger partial charge in [-0.15, -0.1) is 6.58 Å². The Bertz CT molecular complexity index is 321. The van der Waals surface area contributed by atoms with E-state index < -0.39 is 0 Å². The van der Waals surface area contributed by atoms with Crippen LogP contribution in [0.3, 0.4) is 0 Å². The molecule has 0 radical (unpaired) electrons. The van der Waals surface area contributed by atoms with Gasteiger partial charge in [-0.3, -0.25) is 0 Å². The largest absolute Gasteiger partial charge is 0.508 e. The van der Waals surface area contributed by atoms with Crippen molar-refractivity contribution in [2.75, 3.05) is 7.11 Å². The van der Waals surface area contributed by atoms with Crippen molar-refractivity contribution in [3.8, 4) is 11.5 Å². The van der Waals surface area contributed by atoms with Crippen LogP contribution in [0.25, 0.3) is 0 Å². The zero-order valence-electron chi connectivity index (χ0n) is 7.38. The minimum atomic E-state index is 0.182. The summed E-state index contributed by atoms with van der Waals surface area (Å²) in [5.74, 6) is 0.697. The first kappa shape index (κ1) is 9.93. The maximum Gasteiger partial charge on any atom is 0.144 e. The number of halogens is 1. The topological polar surface area (TPSA) is 29.5 Å². The molecule has 0 aliphatic carbocycles. The zero-order chi connectivity index (χ0) is 9.84. The molecule has 1 N–H and O–H groups in total. The molecule has 2 nitrogen and oxygen atoms in total. The molecule has 0 fully saturated rings. The number of methoxy groups -OCH3 is 1. The van der Waals surface area contributed by atoms with E-state index in [0.717, 1.165) is 0 Å². The van der Waals surface area contributed by atoms with Crippen LogP contribution in [0.1, 0.15) is 5.56 Å². The van der Waals surface area contributed by atoms with Crippen LogP contribution >= 0.6 is 11.6 Å². The standard InChI is InChI=1S/C10H11ClO2/c1-3-4-7-9(12)6-5-8(11)10(7)13-2/h3,5-6,12H,1,4H2,2H3. The first-order valence-electron chi connectivity index (χ1n) is 3.86. The van der Waals surface area contributed by atoms with Crippen LogP contribution in [0, 0.1) is 0 Å². The van der Waals surface area contributed by atoms with Crippen LogP contribution in [0.2, 0.25) is 5.02 Å². The number of aromatic hydroxyl groups is 1. The molecule has 0 saturated carbocycles. The number of allylic oxidation sites excluding steroid dienone is 1. The molecular formula is C10H11ClO2. The Balaban J connectivity index is 3.25. The summed E-state index contributed by atoms with van der Waals surface area (Å²) in [5, 5.41) is 9.99. The molecule has 13 heavy (non-hydrogen) atoms. The normalized spacial score (nSPS) is 9.69. The van der Waals surface area contributed by atoms with E-state index in [4.69, 9.17) is 16.3 Å². The Morgan fingerprint density at radius 1 is 1.62 bits per heavy atom. The van der Waals surface area contributed by atoms with Gasteiger partial charge in [0.15, 0.2) is 0 Å². The summed E-state index contributed by atoms with van der Waals surface area (Å²) >= 11 is 5.87. The highest BCUT2D eigenvalue weighted by Gasteiger charge is 2.10. The summed E-state index contributed by atoms with van der Waals surface area (Å²) in [4.78, 5) is 0. The molecule has 0 heterocycles. The molecule has 3 heteroatoms. The predicted molar refractivity (Wildman–Crippen MR) is 53.6 cm³/mol. The second-order valence-electron chi connectivity index (χ2n) is 2.57. The van der Waals surface area contributed by atoms with E-state index in [1.807, 2.05) is 0 Å². The van der Waals surface area contributed by atoms with E-state index in [0.29, 0.717) is 22.8 Å². The molecular weight excluding hydrogens is 188 g/mol. The molecule has 0 aromatic heterocycles. The predicted octanol–water partition coefficient (Wildman–Crippen LogP) is 2.78. The highest BCUT2D eigenvalue weighted by atomic mass is 35.5. The van der Waals surface area contributed by atoms with Gasteiger partial charge in [0.2, 0.25) is 0 Å². The molecule has 0 aliphatic rings. The SMILES string of the molecule is C=CCc1c(O)ccc(Cl)c1OC. The third-order valence-corrected chi connectivity index (χ3v) is 2.04. The fourth-order valence-corrected chi connectivity index (χ4v) is 1.41. The highest BCUT2D eigenvalue weighted by Crippen LogP contribution is 2.34. The van der Waals surface area contributed by atoms with Crippen molar-refractivity contribution < 1.29 is 9.84 Å².